The minimum atomic E-state index is -0.0923. The Morgan fingerprint density at radius 2 is 1.62 bits per heavy atom. The van der Waals surface area contributed by atoms with Crippen molar-refractivity contribution in [1.29, 1.82) is 0 Å². The topological polar surface area (TPSA) is 40.5 Å². The van der Waals surface area contributed by atoms with Gasteiger partial charge in [-0.2, -0.15) is 0 Å². The minimum absolute atomic E-state index is 0.0224. The molecule has 0 radical (unpaired) electrons. The molecule has 0 amide bonds. The molecule has 2 aromatic carbocycles. The van der Waals surface area contributed by atoms with E-state index in [9.17, 15) is 10.2 Å². The Labute approximate surface area is 126 Å². The van der Waals surface area contributed by atoms with Crippen LogP contribution < -0.4 is 0 Å². The summed E-state index contributed by atoms with van der Waals surface area (Å²) in [6.07, 6.45) is 0.989. The zero-order valence-electron chi connectivity index (χ0n) is 13.1. The van der Waals surface area contributed by atoms with E-state index >= 15 is 0 Å². The third-order valence-electron chi connectivity index (χ3n) is 4.96. The van der Waals surface area contributed by atoms with Gasteiger partial charge in [0.2, 0.25) is 0 Å². The summed E-state index contributed by atoms with van der Waals surface area (Å²) < 4.78 is 0. The van der Waals surface area contributed by atoms with Gasteiger partial charge in [0, 0.05) is 5.41 Å². The Morgan fingerprint density at radius 3 is 2.29 bits per heavy atom. The average Bonchev–Trinajstić information content (AvgIpc) is 2.61. The summed E-state index contributed by atoms with van der Waals surface area (Å²) in [6, 6.07) is 11.6. The Bertz CT molecular complexity index is 716. The zero-order valence-corrected chi connectivity index (χ0v) is 13.1. The molecule has 110 valence electrons. The standard InChI is InChI=1S/C19H22O2/c1-12-9-13(5-8-17(12)21)19(4)11-18(2,3)16-10-14(20)6-7-15(16)19/h5-10,20-21H,11H2,1-4H3. The first-order chi connectivity index (χ1) is 9.74. The lowest BCUT2D eigenvalue weighted by Gasteiger charge is -2.29. The van der Waals surface area contributed by atoms with Crippen LogP contribution in [0.3, 0.4) is 0 Å². The van der Waals surface area contributed by atoms with Crippen molar-refractivity contribution in [2.45, 2.75) is 44.9 Å². The second kappa shape index (κ2) is 4.27. The third-order valence-corrected chi connectivity index (χ3v) is 4.96. The van der Waals surface area contributed by atoms with Gasteiger partial charge in [0.25, 0.3) is 0 Å². The SMILES string of the molecule is Cc1cc(C2(C)CC(C)(C)c3cc(O)ccc32)ccc1O. The molecule has 21 heavy (non-hydrogen) atoms. The van der Waals surface area contributed by atoms with Crippen LogP contribution in [0.4, 0.5) is 0 Å². The van der Waals surface area contributed by atoms with Crippen molar-refractivity contribution in [2.75, 3.05) is 0 Å². The van der Waals surface area contributed by atoms with Crippen molar-refractivity contribution in [3.63, 3.8) is 0 Å². The molecule has 0 aromatic heterocycles. The normalized spacial score (nSPS) is 23.0. The van der Waals surface area contributed by atoms with E-state index in [-0.39, 0.29) is 10.8 Å². The van der Waals surface area contributed by atoms with E-state index in [1.165, 1.54) is 16.7 Å². The van der Waals surface area contributed by atoms with Gasteiger partial charge in [0.05, 0.1) is 0 Å². The maximum absolute atomic E-state index is 9.82. The number of benzene rings is 2. The predicted molar refractivity (Wildman–Crippen MR) is 85.0 cm³/mol. The molecule has 2 N–H and O–H groups in total. The van der Waals surface area contributed by atoms with Crippen LogP contribution >= 0.6 is 0 Å². The molecule has 2 nitrogen and oxygen atoms in total. The molecule has 0 heterocycles. The molecule has 0 saturated carbocycles. The second-order valence-corrected chi connectivity index (χ2v) is 7.12. The van der Waals surface area contributed by atoms with E-state index < -0.39 is 0 Å². The lowest BCUT2D eigenvalue weighted by Crippen LogP contribution is -2.23. The van der Waals surface area contributed by atoms with Gasteiger partial charge in [-0.3, -0.25) is 0 Å². The number of hydrogen-bond acceptors (Lipinski definition) is 2. The molecule has 1 aliphatic carbocycles. The van der Waals surface area contributed by atoms with Crippen LogP contribution in [0, 0.1) is 6.92 Å². The fraction of sp³-hybridized carbons (Fsp3) is 0.368. The van der Waals surface area contributed by atoms with Crippen molar-refractivity contribution >= 4 is 0 Å². The van der Waals surface area contributed by atoms with Gasteiger partial charge >= 0.3 is 0 Å². The number of phenolic OH excluding ortho intramolecular Hbond substituents is 2. The van der Waals surface area contributed by atoms with E-state index in [2.05, 4.69) is 26.8 Å². The molecule has 0 fully saturated rings. The number of aryl methyl sites for hydroxylation is 1. The van der Waals surface area contributed by atoms with Crippen molar-refractivity contribution in [3.8, 4) is 11.5 Å². The van der Waals surface area contributed by atoms with E-state index in [4.69, 9.17) is 0 Å². The quantitative estimate of drug-likeness (QED) is 0.814. The van der Waals surface area contributed by atoms with E-state index in [0.717, 1.165) is 12.0 Å². The second-order valence-electron chi connectivity index (χ2n) is 7.12. The molecule has 3 rings (SSSR count). The summed E-state index contributed by atoms with van der Waals surface area (Å²) in [7, 11) is 0. The van der Waals surface area contributed by atoms with Gasteiger partial charge < -0.3 is 10.2 Å². The highest BCUT2D eigenvalue weighted by atomic mass is 16.3. The number of phenols is 2. The highest BCUT2D eigenvalue weighted by Crippen LogP contribution is 2.53. The van der Waals surface area contributed by atoms with Crippen LogP contribution in [0.1, 0.15) is 49.4 Å². The lowest BCUT2D eigenvalue weighted by atomic mass is 9.74. The number of rotatable bonds is 1. The maximum Gasteiger partial charge on any atom is 0.118 e. The summed E-state index contributed by atoms with van der Waals surface area (Å²) in [6.45, 7) is 8.64. The van der Waals surface area contributed by atoms with Crippen molar-refractivity contribution in [1.82, 2.24) is 0 Å². The molecule has 0 spiro atoms. The lowest BCUT2D eigenvalue weighted by molar-refractivity contribution is 0.422. The van der Waals surface area contributed by atoms with E-state index in [0.29, 0.717) is 11.5 Å². The zero-order chi connectivity index (χ0) is 15.4. The predicted octanol–water partition coefficient (Wildman–Crippen LogP) is 4.39. The highest BCUT2D eigenvalue weighted by Gasteiger charge is 2.45. The molecule has 0 bridgehead atoms. The smallest absolute Gasteiger partial charge is 0.118 e. The molecule has 1 aliphatic rings. The Kier molecular flexibility index (Phi) is 2.84. The number of fused-ring (bicyclic) bond motifs is 1. The Hall–Kier alpha value is -1.96. The molecule has 1 unspecified atom stereocenters. The van der Waals surface area contributed by atoms with Crippen molar-refractivity contribution < 1.29 is 10.2 Å². The number of aromatic hydroxyl groups is 2. The van der Waals surface area contributed by atoms with Gasteiger partial charge in [-0.15, -0.1) is 0 Å². The first-order valence-electron chi connectivity index (χ1n) is 7.38. The Morgan fingerprint density at radius 1 is 0.905 bits per heavy atom. The fourth-order valence-electron chi connectivity index (χ4n) is 3.90. The highest BCUT2D eigenvalue weighted by molar-refractivity contribution is 5.54. The fourth-order valence-corrected chi connectivity index (χ4v) is 3.90. The summed E-state index contributed by atoms with van der Waals surface area (Å²) in [4.78, 5) is 0. The first-order valence-corrected chi connectivity index (χ1v) is 7.38. The molecule has 0 aliphatic heterocycles. The van der Waals surface area contributed by atoms with Gasteiger partial charge in [-0.25, -0.2) is 0 Å². The molecule has 2 aromatic rings. The summed E-state index contributed by atoms with van der Waals surface area (Å²) >= 11 is 0. The third kappa shape index (κ3) is 2.01. The van der Waals surface area contributed by atoms with E-state index in [1.54, 1.807) is 12.1 Å². The molecular formula is C19H22O2. The molecule has 1 atom stereocenters. The van der Waals surface area contributed by atoms with Gasteiger partial charge in [0.15, 0.2) is 0 Å². The van der Waals surface area contributed by atoms with Crippen LogP contribution in [-0.4, -0.2) is 10.2 Å². The molecule has 2 heteroatoms. The summed E-state index contributed by atoms with van der Waals surface area (Å²) in [5.41, 5.74) is 4.54. The Balaban J connectivity index is 2.22. The summed E-state index contributed by atoms with van der Waals surface area (Å²) in [5.74, 6) is 0.665. The monoisotopic (exact) mass is 282 g/mol. The largest absolute Gasteiger partial charge is 0.508 e. The summed E-state index contributed by atoms with van der Waals surface area (Å²) in [5, 5.41) is 19.6. The number of hydrogen-bond donors (Lipinski definition) is 2. The van der Waals surface area contributed by atoms with Crippen LogP contribution in [0.25, 0.3) is 0 Å². The van der Waals surface area contributed by atoms with Gasteiger partial charge in [-0.1, -0.05) is 39.0 Å². The van der Waals surface area contributed by atoms with Crippen molar-refractivity contribution in [2.24, 2.45) is 0 Å². The van der Waals surface area contributed by atoms with Crippen LogP contribution in [0.2, 0.25) is 0 Å². The minimum Gasteiger partial charge on any atom is -0.508 e. The van der Waals surface area contributed by atoms with Crippen LogP contribution in [0.5, 0.6) is 11.5 Å². The average molecular weight is 282 g/mol. The van der Waals surface area contributed by atoms with Crippen LogP contribution in [0.15, 0.2) is 36.4 Å². The first kappa shape index (κ1) is 14.0. The molecular weight excluding hydrogens is 260 g/mol. The molecule has 0 saturated heterocycles. The van der Waals surface area contributed by atoms with Crippen molar-refractivity contribution in [3.05, 3.63) is 58.7 Å². The maximum atomic E-state index is 9.82. The van der Waals surface area contributed by atoms with Gasteiger partial charge in [0.1, 0.15) is 11.5 Å². The van der Waals surface area contributed by atoms with Crippen LogP contribution in [-0.2, 0) is 10.8 Å². The van der Waals surface area contributed by atoms with E-state index in [1.807, 2.05) is 25.1 Å². The van der Waals surface area contributed by atoms with Gasteiger partial charge in [-0.05, 0) is 59.2 Å².